The summed E-state index contributed by atoms with van der Waals surface area (Å²) in [5.41, 5.74) is 3.30. The second-order valence-corrected chi connectivity index (χ2v) is 9.40. The van der Waals surface area contributed by atoms with Gasteiger partial charge in [-0.3, -0.25) is 9.59 Å². The molecule has 1 fully saturated rings. The molecule has 2 aromatic rings. The van der Waals surface area contributed by atoms with Crippen LogP contribution in [0.25, 0.3) is 5.76 Å². The topological polar surface area (TPSA) is 70.1 Å². The van der Waals surface area contributed by atoms with E-state index >= 15 is 0 Å². The van der Waals surface area contributed by atoms with Crippen LogP contribution in [0.15, 0.2) is 48.0 Å². The molecule has 1 N–H and O–H groups in total. The van der Waals surface area contributed by atoms with Gasteiger partial charge in [-0.05, 0) is 63.2 Å². The van der Waals surface area contributed by atoms with E-state index in [2.05, 4.69) is 13.8 Å². The number of rotatable bonds is 8. The van der Waals surface area contributed by atoms with Crippen LogP contribution in [0.4, 0.5) is 0 Å². The maximum atomic E-state index is 13.1. The van der Waals surface area contributed by atoms with Crippen molar-refractivity contribution in [2.24, 2.45) is 5.92 Å². The number of likely N-dealkylation sites (N-methyl/N-ethyl adjacent to an activating group) is 1. The van der Waals surface area contributed by atoms with Gasteiger partial charge < -0.3 is 19.6 Å². The van der Waals surface area contributed by atoms with Crippen LogP contribution in [0.3, 0.4) is 0 Å². The molecule has 1 unspecified atom stereocenters. The highest BCUT2D eigenvalue weighted by Crippen LogP contribution is 2.40. The standard InChI is InChI=1S/C27H34N2O4/c1-17(2)16-33-22-11-10-21(15-19(22)4)25(30)23-24(20-9-7-8-18(3)14-20)29(13-12-28(5)6)27(32)26(23)31/h7-11,14-15,17,24,30H,12-13,16H2,1-6H3/b25-23-. The summed E-state index contributed by atoms with van der Waals surface area (Å²) in [6, 6.07) is 12.4. The van der Waals surface area contributed by atoms with Gasteiger partial charge in [-0.2, -0.15) is 0 Å². The lowest BCUT2D eigenvalue weighted by Gasteiger charge is -2.26. The molecule has 2 aromatic carbocycles. The minimum Gasteiger partial charge on any atom is -0.507 e. The van der Waals surface area contributed by atoms with Crippen LogP contribution in [0.2, 0.25) is 0 Å². The van der Waals surface area contributed by atoms with E-state index in [1.165, 1.54) is 0 Å². The summed E-state index contributed by atoms with van der Waals surface area (Å²) in [4.78, 5) is 29.7. The molecular formula is C27H34N2O4. The van der Waals surface area contributed by atoms with E-state index in [0.29, 0.717) is 31.2 Å². The van der Waals surface area contributed by atoms with E-state index < -0.39 is 17.7 Å². The number of aliphatic hydroxyl groups is 1. The van der Waals surface area contributed by atoms with Crippen molar-refractivity contribution in [3.05, 3.63) is 70.3 Å². The Morgan fingerprint density at radius 3 is 2.45 bits per heavy atom. The molecule has 0 aliphatic carbocycles. The van der Waals surface area contributed by atoms with Crippen molar-refractivity contribution in [1.82, 2.24) is 9.80 Å². The van der Waals surface area contributed by atoms with Gasteiger partial charge in [0.1, 0.15) is 11.5 Å². The van der Waals surface area contributed by atoms with Crippen molar-refractivity contribution in [2.45, 2.75) is 33.7 Å². The minimum atomic E-state index is -0.657. The Labute approximate surface area is 196 Å². The number of hydrogen-bond donors (Lipinski definition) is 1. The fourth-order valence-corrected chi connectivity index (χ4v) is 3.98. The highest BCUT2D eigenvalue weighted by Gasteiger charge is 2.45. The third-order valence-electron chi connectivity index (χ3n) is 5.71. The molecule has 1 atom stereocenters. The first-order valence-electron chi connectivity index (χ1n) is 11.3. The molecule has 3 rings (SSSR count). The SMILES string of the molecule is Cc1cccc(C2/C(=C(/O)c3ccc(OCC(C)C)c(C)c3)C(=O)C(=O)N2CCN(C)C)c1. The van der Waals surface area contributed by atoms with E-state index in [1.54, 1.807) is 23.1 Å². The summed E-state index contributed by atoms with van der Waals surface area (Å²) >= 11 is 0. The predicted molar refractivity (Wildman–Crippen MR) is 130 cm³/mol. The van der Waals surface area contributed by atoms with Gasteiger partial charge in [-0.15, -0.1) is 0 Å². The fraction of sp³-hybridized carbons (Fsp3) is 0.407. The molecular weight excluding hydrogens is 416 g/mol. The van der Waals surface area contributed by atoms with Gasteiger partial charge in [0.2, 0.25) is 0 Å². The molecule has 33 heavy (non-hydrogen) atoms. The summed E-state index contributed by atoms with van der Waals surface area (Å²) in [5.74, 6) is -0.272. The molecule has 0 spiro atoms. The van der Waals surface area contributed by atoms with Crippen molar-refractivity contribution in [3.8, 4) is 5.75 Å². The van der Waals surface area contributed by atoms with Crippen LogP contribution in [-0.2, 0) is 9.59 Å². The molecule has 1 amide bonds. The van der Waals surface area contributed by atoms with Crippen LogP contribution in [0.5, 0.6) is 5.75 Å². The first kappa shape index (κ1) is 24.5. The number of hydrogen-bond acceptors (Lipinski definition) is 5. The molecule has 6 heteroatoms. The fourth-order valence-electron chi connectivity index (χ4n) is 3.98. The van der Waals surface area contributed by atoms with Crippen LogP contribution >= 0.6 is 0 Å². The summed E-state index contributed by atoms with van der Waals surface area (Å²) in [5, 5.41) is 11.3. The van der Waals surface area contributed by atoms with Gasteiger partial charge in [0.15, 0.2) is 0 Å². The molecule has 0 aromatic heterocycles. The molecule has 1 saturated heterocycles. The summed E-state index contributed by atoms with van der Waals surface area (Å²) in [6.07, 6.45) is 0. The third kappa shape index (κ3) is 5.45. The lowest BCUT2D eigenvalue weighted by Crippen LogP contribution is -2.35. The lowest BCUT2D eigenvalue weighted by atomic mass is 9.94. The second kappa shape index (κ2) is 10.2. The number of aliphatic hydroxyl groups excluding tert-OH is 1. The average Bonchev–Trinajstić information content (AvgIpc) is 3.01. The molecule has 1 aliphatic heterocycles. The molecule has 176 valence electrons. The molecule has 1 heterocycles. The molecule has 0 radical (unpaired) electrons. The van der Waals surface area contributed by atoms with Crippen molar-refractivity contribution >= 4 is 17.4 Å². The van der Waals surface area contributed by atoms with Crippen molar-refractivity contribution < 1.29 is 19.4 Å². The van der Waals surface area contributed by atoms with Gasteiger partial charge in [-0.25, -0.2) is 0 Å². The van der Waals surface area contributed by atoms with Gasteiger partial charge in [0.25, 0.3) is 11.7 Å². The van der Waals surface area contributed by atoms with Gasteiger partial charge >= 0.3 is 0 Å². The van der Waals surface area contributed by atoms with E-state index in [1.807, 2.05) is 57.1 Å². The Morgan fingerprint density at radius 2 is 1.85 bits per heavy atom. The smallest absolute Gasteiger partial charge is 0.295 e. The molecule has 1 aliphatic rings. The van der Waals surface area contributed by atoms with Crippen LogP contribution < -0.4 is 4.74 Å². The molecule has 0 saturated carbocycles. The maximum Gasteiger partial charge on any atom is 0.295 e. The van der Waals surface area contributed by atoms with Crippen molar-refractivity contribution in [3.63, 3.8) is 0 Å². The Kier molecular flexibility index (Phi) is 7.59. The zero-order chi connectivity index (χ0) is 24.3. The Hall–Kier alpha value is -3.12. The highest BCUT2D eigenvalue weighted by atomic mass is 16.5. The van der Waals surface area contributed by atoms with Gasteiger partial charge in [-0.1, -0.05) is 43.7 Å². The number of amides is 1. The number of ether oxygens (including phenoxy) is 1. The minimum absolute atomic E-state index is 0.125. The van der Waals surface area contributed by atoms with E-state index in [4.69, 9.17) is 4.74 Å². The van der Waals surface area contributed by atoms with E-state index in [-0.39, 0.29) is 11.3 Å². The Morgan fingerprint density at radius 1 is 1.12 bits per heavy atom. The number of Topliss-reactive ketones (excluding diaryl/α,β-unsaturated/α-hetero) is 1. The number of benzene rings is 2. The number of carbonyl (C=O) groups excluding carboxylic acids is 2. The number of ketones is 1. The number of likely N-dealkylation sites (tertiary alicyclic amines) is 1. The first-order valence-corrected chi connectivity index (χ1v) is 11.3. The number of nitrogens with zero attached hydrogens (tertiary/aromatic N) is 2. The first-order chi connectivity index (χ1) is 15.6. The van der Waals surface area contributed by atoms with E-state index in [0.717, 1.165) is 22.4 Å². The maximum absolute atomic E-state index is 13.1. The van der Waals surface area contributed by atoms with E-state index in [9.17, 15) is 14.7 Å². The zero-order valence-electron chi connectivity index (χ0n) is 20.4. The third-order valence-corrected chi connectivity index (χ3v) is 5.71. The van der Waals surface area contributed by atoms with Crippen molar-refractivity contribution in [2.75, 3.05) is 33.8 Å². The lowest BCUT2D eigenvalue weighted by molar-refractivity contribution is -0.140. The summed E-state index contributed by atoms with van der Waals surface area (Å²) in [6.45, 7) is 9.61. The van der Waals surface area contributed by atoms with Gasteiger partial charge in [0.05, 0.1) is 18.2 Å². The Balaban J connectivity index is 2.07. The number of aryl methyl sites for hydroxylation is 2. The summed E-state index contributed by atoms with van der Waals surface area (Å²) < 4.78 is 5.84. The normalized spacial score (nSPS) is 17.9. The largest absolute Gasteiger partial charge is 0.507 e. The summed E-state index contributed by atoms with van der Waals surface area (Å²) in [7, 11) is 3.84. The predicted octanol–water partition coefficient (Wildman–Crippen LogP) is 4.32. The van der Waals surface area contributed by atoms with Crippen molar-refractivity contribution in [1.29, 1.82) is 0 Å². The zero-order valence-corrected chi connectivity index (χ0v) is 20.4. The average molecular weight is 451 g/mol. The molecule has 0 bridgehead atoms. The monoisotopic (exact) mass is 450 g/mol. The van der Waals surface area contributed by atoms with Gasteiger partial charge in [0, 0.05) is 18.7 Å². The Bertz CT molecular complexity index is 1070. The quantitative estimate of drug-likeness (QED) is 0.368. The van der Waals surface area contributed by atoms with Crippen LogP contribution in [-0.4, -0.2) is 60.4 Å². The molecule has 6 nitrogen and oxygen atoms in total. The van der Waals surface area contributed by atoms with Crippen LogP contribution in [0, 0.1) is 19.8 Å². The number of carbonyl (C=O) groups is 2. The highest BCUT2D eigenvalue weighted by molar-refractivity contribution is 6.46. The second-order valence-electron chi connectivity index (χ2n) is 9.40. The van der Waals surface area contributed by atoms with Crippen LogP contribution in [0.1, 0.15) is 42.1 Å².